The lowest BCUT2D eigenvalue weighted by atomic mass is 10.2. The first kappa shape index (κ1) is 12.8. The normalized spacial score (nSPS) is 10.4. The lowest BCUT2D eigenvalue weighted by Crippen LogP contribution is -2.01. The highest BCUT2D eigenvalue weighted by Crippen LogP contribution is 2.23. The Morgan fingerprint density at radius 2 is 2.06 bits per heavy atom. The fourth-order valence-corrected chi connectivity index (χ4v) is 1.35. The minimum Gasteiger partial charge on any atom is -0.491 e. The molecule has 1 aromatic rings. The van der Waals surface area contributed by atoms with Crippen LogP contribution in [0.25, 0.3) is 0 Å². The average molecular weight is 227 g/mol. The number of nitrogen functional groups attached to an aromatic ring is 1. The smallest absolute Gasteiger partial charge is 0.167 e. The summed E-state index contributed by atoms with van der Waals surface area (Å²) in [7, 11) is 0. The van der Waals surface area contributed by atoms with Gasteiger partial charge in [-0.2, -0.15) is 0 Å². The summed E-state index contributed by atoms with van der Waals surface area (Å²) < 4.78 is 18.7. The van der Waals surface area contributed by atoms with Crippen molar-refractivity contribution in [2.45, 2.75) is 26.2 Å². The molecule has 3 nitrogen and oxygen atoms in total. The number of rotatable bonds is 6. The third-order valence-corrected chi connectivity index (χ3v) is 2.38. The standard InChI is InChI=1S/C12H18FNO2/c1-9-7-12(10(13)8-11(9)14)16-6-4-2-3-5-15/h7-8,15H,2-6,14H2,1H3. The predicted molar refractivity (Wildman–Crippen MR) is 62.0 cm³/mol. The van der Waals surface area contributed by atoms with E-state index in [4.69, 9.17) is 15.6 Å². The van der Waals surface area contributed by atoms with Crippen molar-refractivity contribution in [2.24, 2.45) is 0 Å². The van der Waals surface area contributed by atoms with Crippen LogP contribution in [0.15, 0.2) is 12.1 Å². The van der Waals surface area contributed by atoms with Gasteiger partial charge in [-0.3, -0.25) is 0 Å². The van der Waals surface area contributed by atoms with Crippen molar-refractivity contribution in [1.82, 2.24) is 0 Å². The topological polar surface area (TPSA) is 55.5 Å². The SMILES string of the molecule is Cc1cc(OCCCCCO)c(F)cc1N. The summed E-state index contributed by atoms with van der Waals surface area (Å²) >= 11 is 0. The van der Waals surface area contributed by atoms with Gasteiger partial charge in [-0.1, -0.05) is 0 Å². The second kappa shape index (κ2) is 6.33. The monoisotopic (exact) mass is 227 g/mol. The van der Waals surface area contributed by atoms with Crippen molar-refractivity contribution in [3.8, 4) is 5.75 Å². The number of unbranched alkanes of at least 4 members (excludes halogenated alkanes) is 2. The van der Waals surface area contributed by atoms with E-state index in [9.17, 15) is 4.39 Å². The maximum absolute atomic E-state index is 13.4. The molecule has 0 aliphatic rings. The number of anilines is 1. The molecule has 90 valence electrons. The summed E-state index contributed by atoms with van der Waals surface area (Å²) in [6.45, 7) is 2.46. The number of aliphatic hydroxyl groups is 1. The lowest BCUT2D eigenvalue weighted by molar-refractivity contribution is 0.261. The van der Waals surface area contributed by atoms with Crippen molar-refractivity contribution in [2.75, 3.05) is 18.9 Å². The van der Waals surface area contributed by atoms with Crippen LogP contribution in [-0.4, -0.2) is 18.3 Å². The van der Waals surface area contributed by atoms with Crippen LogP contribution in [0, 0.1) is 12.7 Å². The van der Waals surface area contributed by atoms with E-state index >= 15 is 0 Å². The van der Waals surface area contributed by atoms with Crippen LogP contribution in [0.2, 0.25) is 0 Å². The summed E-state index contributed by atoms with van der Waals surface area (Å²) in [6.07, 6.45) is 2.45. The molecule has 16 heavy (non-hydrogen) atoms. The first-order valence-electron chi connectivity index (χ1n) is 5.44. The number of hydrogen-bond acceptors (Lipinski definition) is 3. The molecule has 0 amide bonds. The van der Waals surface area contributed by atoms with Crippen LogP contribution in [0.4, 0.5) is 10.1 Å². The molecule has 0 spiro atoms. The van der Waals surface area contributed by atoms with Crippen molar-refractivity contribution in [1.29, 1.82) is 0 Å². The van der Waals surface area contributed by atoms with Gasteiger partial charge in [0.15, 0.2) is 11.6 Å². The van der Waals surface area contributed by atoms with Crippen LogP contribution >= 0.6 is 0 Å². The molecule has 0 heterocycles. The van der Waals surface area contributed by atoms with E-state index in [1.54, 1.807) is 6.07 Å². The number of ether oxygens (including phenoxy) is 1. The van der Waals surface area contributed by atoms with E-state index in [1.165, 1.54) is 6.07 Å². The molecular weight excluding hydrogens is 209 g/mol. The maximum Gasteiger partial charge on any atom is 0.167 e. The van der Waals surface area contributed by atoms with Crippen molar-refractivity contribution < 1.29 is 14.2 Å². The number of aryl methyl sites for hydroxylation is 1. The molecule has 4 heteroatoms. The highest BCUT2D eigenvalue weighted by molar-refractivity contribution is 5.50. The molecule has 0 bridgehead atoms. The highest BCUT2D eigenvalue weighted by atomic mass is 19.1. The van der Waals surface area contributed by atoms with Gasteiger partial charge in [0, 0.05) is 18.4 Å². The van der Waals surface area contributed by atoms with E-state index in [-0.39, 0.29) is 12.4 Å². The number of hydrogen-bond donors (Lipinski definition) is 2. The summed E-state index contributed by atoms with van der Waals surface area (Å²) in [5.41, 5.74) is 6.81. The molecule has 0 saturated heterocycles. The zero-order valence-corrected chi connectivity index (χ0v) is 9.50. The molecule has 0 fully saturated rings. The second-order valence-corrected chi connectivity index (χ2v) is 3.77. The van der Waals surface area contributed by atoms with Gasteiger partial charge in [-0.15, -0.1) is 0 Å². The van der Waals surface area contributed by atoms with E-state index < -0.39 is 5.82 Å². The predicted octanol–water partition coefficient (Wildman–Crippen LogP) is 2.26. The average Bonchev–Trinajstić information content (AvgIpc) is 2.25. The van der Waals surface area contributed by atoms with Gasteiger partial charge < -0.3 is 15.6 Å². The Balaban J connectivity index is 2.45. The molecule has 0 aliphatic heterocycles. The Bertz CT molecular complexity index is 342. The van der Waals surface area contributed by atoms with Gasteiger partial charge in [0.1, 0.15) is 0 Å². The summed E-state index contributed by atoms with van der Waals surface area (Å²) in [4.78, 5) is 0. The van der Waals surface area contributed by atoms with Crippen LogP contribution in [0.1, 0.15) is 24.8 Å². The molecule has 0 saturated carbocycles. The Kier molecular flexibility index (Phi) is 5.05. The zero-order chi connectivity index (χ0) is 12.0. The summed E-state index contributed by atoms with van der Waals surface area (Å²) in [5.74, 6) is -0.180. The fourth-order valence-electron chi connectivity index (χ4n) is 1.35. The summed E-state index contributed by atoms with van der Waals surface area (Å²) in [6, 6.07) is 2.88. The van der Waals surface area contributed by atoms with E-state index in [2.05, 4.69) is 0 Å². The largest absolute Gasteiger partial charge is 0.491 e. The Morgan fingerprint density at radius 3 is 2.75 bits per heavy atom. The Labute approximate surface area is 95.0 Å². The van der Waals surface area contributed by atoms with Crippen molar-refractivity contribution >= 4 is 5.69 Å². The summed E-state index contributed by atoms with van der Waals surface area (Å²) in [5, 5.41) is 8.58. The molecule has 1 rings (SSSR count). The second-order valence-electron chi connectivity index (χ2n) is 3.77. The van der Waals surface area contributed by atoms with Crippen molar-refractivity contribution in [3.05, 3.63) is 23.5 Å². The Hall–Kier alpha value is -1.29. The molecule has 0 unspecified atom stereocenters. The van der Waals surface area contributed by atoms with Crippen LogP contribution in [0.5, 0.6) is 5.75 Å². The number of benzene rings is 1. The maximum atomic E-state index is 13.4. The van der Waals surface area contributed by atoms with Crippen molar-refractivity contribution in [3.63, 3.8) is 0 Å². The minimum absolute atomic E-state index is 0.190. The minimum atomic E-state index is -0.426. The van der Waals surface area contributed by atoms with E-state index in [1.807, 2.05) is 6.92 Å². The van der Waals surface area contributed by atoms with Gasteiger partial charge >= 0.3 is 0 Å². The first-order chi connectivity index (χ1) is 7.65. The van der Waals surface area contributed by atoms with Crippen LogP contribution in [0.3, 0.4) is 0 Å². The molecule has 1 aromatic carbocycles. The number of nitrogens with two attached hydrogens (primary N) is 1. The molecule has 3 N–H and O–H groups in total. The quantitative estimate of drug-likeness (QED) is 0.579. The van der Waals surface area contributed by atoms with Gasteiger partial charge in [-0.05, 0) is 37.8 Å². The molecule has 0 aliphatic carbocycles. The Morgan fingerprint density at radius 1 is 1.31 bits per heavy atom. The van der Waals surface area contributed by atoms with Gasteiger partial charge in [0.25, 0.3) is 0 Å². The van der Waals surface area contributed by atoms with Crippen LogP contribution in [-0.2, 0) is 0 Å². The molecule has 0 aromatic heterocycles. The van der Waals surface area contributed by atoms with Gasteiger partial charge in [0.05, 0.1) is 6.61 Å². The van der Waals surface area contributed by atoms with Crippen LogP contribution < -0.4 is 10.5 Å². The highest BCUT2D eigenvalue weighted by Gasteiger charge is 2.06. The molecule has 0 atom stereocenters. The first-order valence-corrected chi connectivity index (χ1v) is 5.44. The third-order valence-electron chi connectivity index (χ3n) is 2.38. The van der Waals surface area contributed by atoms with E-state index in [0.717, 1.165) is 24.8 Å². The van der Waals surface area contributed by atoms with Gasteiger partial charge in [0.2, 0.25) is 0 Å². The van der Waals surface area contributed by atoms with E-state index in [0.29, 0.717) is 12.3 Å². The number of aliphatic hydroxyl groups excluding tert-OH is 1. The van der Waals surface area contributed by atoms with Gasteiger partial charge in [-0.25, -0.2) is 4.39 Å². The third kappa shape index (κ3) is 3.70. The zero-order valence-electron chi connectivity index (χ0n) is 9.50. The number of halogens is 1. The lowest BCUT2D eigenvalue weighted by Gasteiger charge is -2.09. The molecule has 0 radical (unpaired) electrons. The molecular formula is C12H18FNO2. The fraction of sp³-hybridized carbons (Fsp3) is 0.500.